The molecule has 134 valence electrons. The summed E-state index contributed by atoms with van der Waals surface area (Å²) < 4.78 is 0. The SMILES string of the molecule is Cc1cc(C)c2c(c1)[C@@H]1[C@H]3CC[C@@H](C3)[C@H]1[C@@H](c1ccc(C(=O)O)cc1)N2. The molecule has 1 heterocycles. The molecule has 0 aromatic heterocycles. The van der Waals surface area contributed by atoms with Crippen molar-refractivity contribution >= 4 is 11.7 Å². The molecule has 5 atom stereocenters. The number of rotatable bonds is 2. The van der Waals surface area contributed by atoms with Crippen LogP contribution in [0.5, 0.6) is 0 Å². The maximum atomic E-state index is 11.2. The van der Waals surface area contributed by atoms with E-state index in [1.807, 2.05) is 12.1 Å². The summed E-state index contributed by atoms with van der Waals surface area (Å²) in [5.41, 5.74) is 7.11. The highest BCUT2D eigenvalue weighted by molar-refractivity contribution is 5.87. The smallest absolute Gasteiger partial charge is 0.335 e. The Kier molecular flexibility index (Phi) is 3.43. The number of carbonyl (C=O) groups is 1. The second-order valence-corrected chi connectivity index (χ2v) is 8.53. The van der Waals surface area contributed by atoms with Gasteiger partial charge in [0, 0.05) is 5.69 Å². The number of hydrogen-bond acceptors (Lipinski definition) is 2. The number of aromatic carboxylic acids is 1. The van der Waals surface area contributed by atoms with Gasteiger partial charge in [-0.15, -0.1) is 0 Å². The van der Waals surface area contributed by atoms with Gasteiger partial charge in [-0.3, -0.25) is 0 Å². The van der Waals surface area contributed by atoms with E-state index in [0.29, 0.717) is 17.4 Å². The Morgan fingerprint density at radius 3 is 2.54 bits per heavy atom. The van der Waals surface area contributed by atoms with Gasteiger partial charge in [0.05, 0.1) is 11.6 Å². The van der Waals surface area contributed by atoms with E-state index in [1.54, 1.807) is 12.1 Å². The third kappa shape index (κ3) is 2.22. The molecule has 3 aliphatic rings. The lowest BCUT2D eigenvalue weighted by molar-refractivity contribution is 0.0697. The average molecular weight is 347 g/mol. The lowest BCUT2D eigenvalue weighted by Crippen LogP contribution is -2.35. The average Bonchev–Trinajstić information content (AvgIpc) is 3.23. The lowest BCUT2D eigenvalue weighted by Gasteiger charge is -2.44. The van der Waals surface area contributed by atoms with E-state index in [1.165, 1.54) is 47.2 Å². The van der Waals surface area contributed by atoms with Crippen LogP contribution in [0.25, 0.3) is 0 Å². The Hall–Kier alpha value is -2.29. The van der Waals surface area contributed by atoms with Crippen molar-refractivity contribution in [2.75, 3.05) is 5.32 Å². The summed E-state index contributed by atoms with van der Waals surface area (Å²) in [4.78, 5) is 11.2. The standard InChI is InChI=1S/C23H25NO2/c1-12-9-13(2)21-18(10-12)19-16-7-8-17(11-16)20(19)22(24-21)14-3-5-15(6-4-14)23(25)26/h3-6,9-10,16-17,19-20,22,24H,7-8,11H2,1-2H3,(H,25,26)/t16-,17-,19-,20+,22+/m0/s1. The maximum Gasteiger partial charge on any atom is 0.335 e. The van der Waals surface area contributed by atoms with Crippen molar-refractivity contribution in [3.8, 4) is 0 Å². The summed E-state index contributed by atoms with van der Waals surface area (Å²) in [7, 11) is 0. The fourth-order valence-corrected chi connectivity index (χ4v) is 6.13. The van der Waals surface area contributed by atoms with Crippen LogP contribution in [-0.2, 0) is 0 Å². The normalized spacial score (nSPS) is 31.2. The van der Waals surface area contributed by atoms with Crippen molar-refractivity contribution in [1.29, 1.82) is 0 Å². The molecule has 2 saturated carbocycles. The van der Waals surface area contributed by atoms with Crippen molar-refractivity contribution in [1.82, 2.24) is 0 Å². The zero-order valence-electron chi connectivity index (χ0n) is 15.3. The molecule has 0 saturated heterocycles. The third-order valence-electron chi connectivity index (χ3n) is 7.05. The molecular weight excluding hydrogens is 322 g/mol. The predicted octanol–water partition coefficient (Wildman–Crippen LogP) is 5.30. The Bertz CT molecular complexity index is 886. The van der Waals surface area contributed by atoms with Crippen LogP contribution in [0, 0.1) is 31.6 Å². The molecular formula is C23H25NO2. The minimum atomic E-state index is -0.859. The third-order valence-corrected chi connectivity index (χ3v) is 7.05. The highest BCUT2D eigenvalue weighted by atomic mass is 16.4. The summed E-state index contributed by atoms with van der Waals surface area (Å²) in [6, 6.07) is 12.5. The second-order valence-electron chi connectivity index (χ2n) is 8.53. The van der Waals surface area contributed by atoms with Gasteiger partial charge in [0.1, 0.15) is 0 Å². The van der Waals surface area contributed by atoms with E-state index >= 15 is 0 Å². The summed E-state index contributed by atoms with van der Waals surface area (Å²) >= 11 is 0. The summed E-state index contributed by atoms with van der Waals surface area (Å²) in [6.07, 6.45) is 4.06. The van der Waals surface area contributed by atoms with Crippen molar-refractivity contribution < 1.29 is 9.90 Å². The van der Waals surface area contributed by atoms with E-state index in [0.717, 1.165) is 11.8 Å². The van der Waals surface area contributed by atoms with Crippen molar-refractivity contribution in [3.05, 3.63) is 64.2 Å². The van der Waals surface area contributed by atoms with Crippen LogP contribution in [0.2, 0.25) is 0 Å². The highest BCUT2D eigenvalue weighted by Crippen LogP contribution is 2.64. The number of anilines is 1. The Labute approximate surface area is 154 Å². The van der Waals surface area contributed by atoms with Crippen molar-refractivity contribution in [3.63, 3.8) is 0 Å². The van der Waals surface area contributed by atoms with E-state index in [-0.39, 0.29) is 6.04 Å². The summed E-state index contributed by atoms with van der Waals surface area (Å²) in [5, 5.41) is 13.1. The molecule has 0 spiro atoms. The largest absolute Gasteiger partial charge is 0.478 e. The van der Waals surface area contributed by atoms with Gasteiger partial charge < -0.3 is 10.4 Å². The van der Waals surface area contributed by atoms with Crippen LogP contribution < -0.4 is 5.32 Å². The maximum absolute atomic E-state index is 11.2. The summed E-state index contributed by atoms with van der Waals surface area (Å²) in [5.74, 6) is 2.01. The molecule has 5 rings (SSSR count). The minimum absolute atomic E-state index is 0.284. The Morgan fingerprint density at radius 2 is 1.81 bits per heavy atom. The number of carboxylic acids is 1. The number of nitrogens with one attached hydrogen (secondary N) is 1. The zero-order valence-corrected chi connectivity index (χ0v) is 15.3. The molecule has 2 aromatic rings. The molecule has 3 heteroatoms. The molecule has 2 aromatic carbocycles. The zero-order chi connectivity index (χ0) is 18.0. The van der Waals surface area contributed by atoms with Gasteiger partial charge in [-0.05, 0) is 85.6 Å². The molecule has 0 radical (unpaired) electrons. The quantitative estimate of drug-likeness (QED) is 0.775. The molecule has 2 bridgehead atoms. The first-order valence-corrected chi connectivity index (χ1v) is 9.74. The van der Waals surface area contributed by atoms with E-state index in [2.05, 4.69) is 31.3 Å². The molecule has 2 N–H and O–H groups in total. The van der Waals surface area contributed by atoms with Gasteiger partial charge in [0.2, 0.25) is 0 Å². The topological polar surface area (TPSA) is 49.3 Å². The predicted molar refractivity (Wildman–Crippen MR) is 103 cm³/mol. The van der Waals surface area contributed by atoms with Gasteiger partial charge in [-0.2, -0.15) is 0 Å². The Morgan fingerprint density at radius 1 is 1.08 bits per heavy atom. The molecule has 1 aliphatic heterocycles. The molecule has 2 aliphatic carbocycles. The second kappa shape index (κ2) is 5.60. The Balaban J connectivity index is 1.61. The van der Waals surface area contributed by atoms with Gasteiger partial charge in [0.15, 0.2) is 0 Å². The first-order chi connectivity index (χ1) is 12.5. The molecule has 2 fully saturated rings. The molecule has 3 nitrogen and oxygen atoms in total. The van der Waals surface area contributed by atoms with E-state index in [4.69, 9.17) is 0 Å². The van der Waals surface area contributed by atoms with Crippen LogP contribution in [0.1, 0.15) is 63.8 Å². The van der Waals surface area contributed by atoms with Gasteiger partial charge in [-0.25, -0.2) is 4.79 Å². The summed E-state index contributed by atoms with van der Waals surface area (Å²) in [6.45, 7) is 4.41. The van der Waals surface area contributed by atoms with Crippen LogP contribution >= 0.6 is 0 Å². The number of carboxylic acid groups (broad SMARTS) is 1. The number of fused-ring (bicyclic) bond motifs is 7. The van der Waals surface area contributed by atoms with Gasteiger partial charge in [-0.1, -0.05) is 29.8 Å². The first-order valence-electron chi connectivity index (χ1n) is 9.74. The van der Waals surface area contributed by atoms with Gasteiger partial charge in [0.25, 0.3) is 0 Å². The van der Waals surface area contributed by atoms with Crippen LogP contribution in [-0.4, -0.2) is 11.1 Å². The van der Waals surface area contributed by atoms with Crippen LogP contribution in [0.4, 0.5) is 5.69 Å². The van der Waals surface area contributed by atoms with Crippen LogP contribution in [0.15, 0.2) is 36.4 Å². The first kappa shape index (κ1) is 15.9. The lowest BCUT2D eigenvalue weighted by atomic mass is 9.67. The van der Waals surface area contributed by atoms with E-state index in [9.17, 15) is 9.90 Å². The monoisotopic (exact) mass is 347 g/mol. The minimum Gasteiger partial charge on any atom is -0.478 e. The van der Waals surface area contributed by atoms with Crippen molar-refractivity contribution in [2.24, 2.45) is 17.8 Å². The molecule has 0 unspecified atom stereocenters. The molecule has 26 heavy (non-hydrogen) atoms. The van der Waals surface area contributed by atoms with Crippen molar-refractivity contribution in [2.45, 2.75) is 45.1 Å². The van der Waals surface area contributed by atoms with Crippen LogP contribution in [0.3, 0.4) is 0 Å². The number of benzene rings is 2. The van der Waals surface area contributed by atoms with Gasteiger partial charge >= 0.3 is 5.97 Å². The molecule has 0 amide bonds. The highest BCUT2D eigenvalue weighted by Gasteiger charge is 2.53. The number of aryl methyl sites for hydroxylation is 2. The number of hydrogen-bond donors (Lipinski definition) is 2. The fourth-order valence-electron chi connectivity index (χ4n) is 6.13. The van der Waals surface area contributed by atoms with E-state index < -0.39 is 5.97 Å². The fraction of sp³-hybridized carbons (Fsp3) is 0.435.